The second-order valence-electron chi connectivity index (χ2n) is 6.04. The predicted octanol–water partition coefficient (Wildman–Crippen LogP) is 4.46. The predicted molar refractivity (Wildman–Crippen MR) is 96.9 cm³/mol. The third kappa shape index (κ3) is 2.87. The van der Waals surface area contributed by atoms with Gasteiger partial charge in [0.05, 0.1) is 0 Å². The fraction of sp³-hybridized carbons (Fsp3) is 0.250. The van der Waals surface area contributed by atoms with E-state index in [1.165, 1.54) is 16.4 Å². The number of allylic oxidation sites excluding steroid dienone is 1. The number of hydrogen-bond donors (Lipinski definition) is 0. The maximum atomic E-state index is 12.3. The maximum Gasteiger partial charge on any atom is 0.187 e. The SMILES string of the molecule is CCCn1c2ccccc2c2cc(C(=O)C=CN(C)C)ccc21. The minimum Gasteiger partial charge on any atom is -0.383 e. The third-order valence-corrected chi connectivity index (χ3v) is 4.03. The van der Waals surface area contributed by atoms with Crippen LogP contribution in [-0.2, 0) is 6.54 Å². The van der Waals surface area contributed by atoms with Crippen molar-refractivity contribution in [2.45, 2.75) is 19.9 Å². The highest BCUT2D eigenvalue weighted by Crippen LogP contribution is 2.30. The zero-order valence-electron chi connectivity index (χ0n) is 13.9. The summed E-state index contributed by atoms with van der Waals surface area (Å²) in [4.78, 5) is 14.2. The molecule has 0 spiro atoms. The van der Waals surface area contributed by atoms with Crippen molar-refractivity contribution in [3.63, 3.8) is 0 Å². The summed E-state index contributed by atoms with van der Waals surface area (Å²) in [6.07, 6.45) is 4.49. The molecule has 0 saturated carbocycles. The summed E-state index contributed by atoms with van der Waals surface area (Å²) in [5.74, 6) is 0.0351. The van der Waals surface area contributed by atoms with Crippen LogP contribution in [0, 0.1) is 0 Å². The largest absolute Gasteiger partial charge is 0.383 e. The molecule has 0 unspecified atom stereocenters. The number of rotatable bonds is 5. The van der Waals surface area contributed by atoms with Crippen LogP contribution in [0.25, 0.3) is 21.8 Å². The van der Waals surface area contributed by atoms with Crippen LogP contribution in [0.1, 0.15) is 23.7 Å². The van der Waals surface area contributed by atoms with Crippen LogP contribution in [0.5, 0.6) is 0 Å². The van der Waals surface area contributed by atoms with E-state index in [1.54, 1.807) is 12.3 Å². The van der Waals surface area contributed by atoms with Crippen LogP contribution in [-0.4, -0.2) is 29.3 Å². The number of fused-ring (bicyclic) bond motifs is 3. The van der Waals surface area contributed by atoms with Crippen LogP contribution in [0.3, 0.4) is 0 Å². The summed E-state index contributed by atoms with van der Waals surface area (Å²) < 4.78 is 2.34. The summed E-state index contributed by atoms with van der Waals surface area (Å²) in [7, 11) is 3.82. The monoisotopic (exact) mass is 306 g/mol. The molecule has 0 bridgehead atoms. The van der Waals surface area contributed by atoms with Crippen molar-refractivity contribution in [1.82, 2.24) is 9.47 Å². The fourth-order valence-electron chi connectivity index (χ4n) is 2.98. The van der Waals surface area contributed by atoms with E-state index in [1.807, 2.05) is 31.1 Å². The summed E-state index contributed by atoms with van der Waals surface area (Å²) in [5.41, 5.74) is 3.16. The zero-order chi connectivity index (χ0) is 16.4. The molecule has 0 atom stereocenters. The highest BCUT2D eigenvalue weighted by atomic mass is 16.1. The van der Waals surface area contributed by atoms with E-state index in [-0.39, 0.29) is 5.78 Å². The van der Waals surface area contributed by atoms with Gasteiger partial charge in [-0.25, -0.2) is 0 Å². The molecule has 118 valence electrons. The van der Waals surface area contributed by atoms with Crippen molar-refractivity contribution < 1.29 is 4.79 Å². The van der Waals surface area contributed by atoms with Gasteiger partial charge in [-0.3, -0.25) is 4.79 Å². The van der Waals surface area contributed by atoms with Crippen molar-refractivity contribution >= 4 is 27.6 Å². The Hall–Kier alpha value is -2.55. The molecular formula is C20H22N2O. The number of aryl methyl sites for hydroxylation is 1. The molecule has 3 nitrogen and oxygen atoms in total. The number of hydrogen-bond acceptors (Lipinski definition) is 2. The molecule has 0 fully saturated rings. The Labute approximate surface area is 136 Å². The first-order valence-corrected chi connectivity index (χ1v) is 8.01. The van der Waals surface area contributed by atoms with Gasteiger partial charge in [0.2, 0.25) is 0 Å². The number of ketones is 1. The van der Waals surface area contributed by atoms with Gasteiger partial charge in [0.25, 0.3) is 0 Å². The summed E-state index contributed by atoms with van der Waals surface area (Å²) >= 11 is 0. The molecule has 3 heteroatoms. The molecule has 0 N–H and O–H groups in total. The number of para-hydroxylation sites is 1. The maximum absolute atomic E-state index is 12.3. The van der Waals surface area contributed by atoms with E-state index in [0.717, 1.165) is 23.9 Å². The molecule has 0 aliphatic heterocycles. The lowest BCUT2D eigenvalue weighted by Crippen LogP contribution is -2.03. The molecule has 3 rings (SSSR count). The Kier molecular flexibility index (Phi) is 4.20. The molecule has 0 radical (unpaired) electrons. The van der Waals surface area contributed by atoms with E-state index in [4.69, 9.17) is 0 Å². The first-order valence-electron chi connectivity index (χ1n) is 8.01. The average Bonchev–Trinajstić information content (AvgIpc) is 2.87. The molecule has 0 amide bonds. The van der Waals surface area contributed by atoms with E-state index in [2.05, 4.69) is 41.8 Å². The molecule has 0 saturated heterocycles. The molecule has 1 aromatic heterocycles. The van der Waals surface area contributed by atoms with Crippen LogP contribution in [0.15, 0.2) is 54.7 Å². The molecule has 1 heterocycles. The van der Waals surface area contributed by atoms with Crippen molar-refractivity contribution in [2.75, 3.05) is 14.1 Å². The summed E-state index contributed by atoms with van der Waals surface area (Å²) in [5, 5.41) is 2.36. The first kappa shape index (κ1) is 15.3. The Morgan fingerprint density at radius 3 is 2.57 bits per heavy atom. The van der Waals surface area contributed by atoms with E-state index < -0.39 is 0 Å². The standard InChI is InChI=1S/C20H22N2O/c1-4-12-22-18-8-6-5-7-16(18)17-14-15(9-10-19(17)22)20(23)11-13-21(2)3/h5-11,13-14H,4,12H2,1-3H3. The van der Waals surface area contributed by atoms with Gasteiger partial charge in [0.1, 0.15) is 0 Å². The Balaban J connectivity index is 2.16. The molecule has 0 aliphatic rings. The summed E-state index contributed by atoms with van der Waals surface area (Å²) in [6.45, 7) is 3.17. The number of aromatic nitrogens is 1. The van der Waals surface area contributed by atoms with Crippen LogP contribution in [0.4, 0.5) is 0 Å². The van der Waals surface area contributed by atoms with Gasteiger partial charge in [-0.15, -0.1) is 0 Å². The van der Waals surface area contributed by atoms with Gasteiger partial charge >= 0.3 is 0 Å². The third-order valence-electron chi connectivity index (χ3n) is 4.03. The molecular weight excluding hydrogens is 284 g/mol. The number of nitrogens with zero attached hydrogens (tertiary/aromatic N) is 2. The summed E-state index contributed by atoms with van der Waals surface area (Å²) in [6, 6.07) is 14.4. The second kappa shape index (κ2) is 6.29. The van der Waals surface area contributed by atoms with Gasteiger partial charge in [-0.2, -0.15) is 0 Å². The van der Waals surface area contributed by atoms with E-state index >= 15 is 0 Å². The first-order chi connectivity index (χ1) is 11.1. The number of carbonyl (C=O) groups excluding carboxylic acids is 1. The van der Waals surface area contributed by atoms with Crippen LogP contribution >= 0.6 is 0 Å². The number of carbonyl (C=O) groups is 1. The second-order valence-corrected chi connectivity index (χ2v) is 6.04. The number of benzene rings is 2. The van der Waals surface area contributed by atoms with E-state index in [9.17, 15) is 4.79 Å². The highest BCUT2D eigenvalue weighted by Gasteiger charge is 2.12. The molecule has 2 aromatic carbocycles. The Bertz CT molecular complexity index is 887. The molecule has 3 aromatic rings. The van der Waals surface area contributed by atoms with Crippen molar-refractivity contribution in [1.29, 1.82) is 0 Å². The fourth-order valence-corrected chi connectivity index (χ4v) is 2.98. The Morgan fingerprint density at radius 1 is 1.09 bits per heavy atom. The minimum atomic E-state index is 0.0351. The molecule has 23 heavy (non-hydrogen) atoms. The molecule has 0 aliphatic carbocycles. The van der Waals surface area contributed by atoms with Gasteiger partial charge in [-0.05, 0) is 30.7 Å². The highest BCUT2D eigenvalue weighted by molar-refractivity contribution is 6.12. The zero-order valence-corrected chi connectivity index (χ0v) is 13.9. The quantitative estimate of drug-likeness (QED) is 0.513. The lowest BCUT2D eigenvalue weighted by molar-refractivity contribution is 0.104. The van der Waals surface area contributed by atoms with Crippen LogP contribution < -0.4 is 0 Å². The Morgan fingerprint density at radius 2 is 1.83 bits per heavy atom. The van der Waals surface area contributed by atoms with Crippen molar-refractivity contribution in [2.24, 2.45) is 0 Å². The minimum absolute atomic E-state index is 0.0351. The topological polar surface area (TPSA) is 25.2 Å². The van der Waals surface area contributed by atoms with E-state index in [0.29, 0.717) is 0 Å². The van der Waals surface area contributed by atoms with Crippen molar-refractivity contribution in [3.05, 3.63) is 60.3 Å². The smallest absolute Gasteiger partial charge is 0.187 e. The normalized spacial score (nSPS) is 11.6. The van der Waals surface area contributed by atoms with Gasteiger partial charge in [0, 0.05) is 60.3 Å². The van der Waals surface area contributed by atoms with Gasteiger partial charge < -0.3 is 9.47 Å². The van der Waals surface area contributed by atoms with Gasteiger partial charge in [0.15, 0.2) is 5.78 Å². The van der Waals surface area contributed by atoms with Gasteiger partial charge in [-0.1, -0.05) is 25.1 Å². The lowest BCUT2D eigenvalue weighted by atomic mass is 10.1. The lowest BCUT2D eigenvalue weighted by Gasteiger charge is -2.05. The van der Waals surface area contributed by atoms with Crippen molar-refractivity contribution in [3.8, 4) is 0 Å². The average molecular weight is 306 g/mol. The van der Waals surface area contributed by atoms with Crippen LogP contribution in [0.2, 0.25) is 0 Å².